The molecule has 0 unspecified atom stereocenters. The summed E-state index contributed by atoms with van der Waals surface area (Å²) in [6, 6.07) is 5.71. The van der Waals surface area contributed by atoms with Crippen molar-refractivity contribution in [2.75, 3.05) is 30.0 Å². The van der Waals surface area contributed by atoms with Crippen LogP contribution in [0.1, 0.15) is 47.7 Å². The SMILES string of the molecule is C=C/C=C(\C=C)N1CCOc2ccc(N(C)c3c(/N=C(\C)N)sc(C=O)c3C(=O)OC(C)(C)C)cc21. The Labute approximate surface area is 216 Å². The highest BCUT2D eigenvalue weighted by molar-refractivity contribution is 7.18. The summed E-state index contributed by atoms with van der Waals surface area (Å²) in [5, 5.41) is 0.435. The van der Waals surface area contributed by atoms with E-state index in [-0.39, 0.29) is 10.4 Å². The summed E-state index contributed by atoms with van der Waals surface area (Å²) >= 11 is 1.09. The Kier molecular flexibility index (Phi) is 8.04. The highest BCUT2D eigenvalue weighted by Crippen LogP contribution is 2.46. The van der Waals surface area contributed by atoms with Crippen molar-refractivity contribution in [3.63, 3.8) is 0 Å². The number of aldehydes is 1. The Morgan fingerprint density at radius 1 is 1.33 bits per heavy atom. The number of aliphatic imine (C=N–C) groups is 1. The number of ether oxygens (including phenoxy) is 2. The molecule has 8 nitrogen and oxygen atoms in total. The minimum absolute atomic E-state index is 0.150. The van der Waals surface area contributed by atoms with Gasteiger partial charge in [0.05, 0.1) is 28.6 Å². The fraction of sp³-hybridized carbons (Fsp3) is 0.296. The Hall–Kier alpha value is -3.85. The molecule has 1 aromatic carbocycles. The molecule has 0 saturated heterocycles. The Morgan fingerprint density at radius 2 is 2.06 bits per heavy atom. The molecule has 0 fully saturated rings. The molecule has 9 heteroatoms. The van der Waals surface area contributed by atoms with E-state index in [9.17, 15) is 9.59 Å². The number of nitrogens with zero attached hydrogens (tertiary/aromatic N) is 3. The average Bonchev–Trinajstić information content (AvgIpc) is 3.18. The van der Waals surface area contributed by atoms with Gasteiger partial charge in [-0.05, 0) is 58.0 Å². The molecule has 2 heterocycles. The molecule has 1 aromatic heterocycles. The van der Waals surface area contributed by atoms with Crippen molar-refractivity contribution in [2.45, 2.75) is 33.3 Å². The first-order valence-electron chi connectivity index (χ1n) is 11.4. The molecule has 0 aliphatic carbocycles. The van der Waals surface area contributed by atoms with E-state index in [1.54, 1.807) is 46.9 Å². The quantitative estimate of drug-likeness (QED) is 0.159. The van der Waals surface area contributed by atoms with E-state index in [0.717, 1.165) is 34.2 Å². The van der Waals surface area contributed by atoms with E-state index in [2.05, 4.69) is 23.1 Å². The number of hydrogen-bond acceptors (Lipinski definition) is 8. The maximum atomic E-state index is 13.2. The summed E-state index contributed by atoms with van der Waals surface area (Å²) < 4.78 is 11.5. The molecule has 1 aliphatic heterocycles. The number of anilines is 3. The third-order valence-electron chi connectivity index (χ3n) is 5.22. The molecule has 1 aliphatic rings. The summed E-state index contributed by atoms with van der Waals surface area (Å²) in [5.74, 6) is 0.413. The molecule has 0 atom stereocenters. The van der Waals surface area contributed by atoms with Crippen molar-refractivity contribution in [3.8, 4) is 5.75 Å². The standard InChI is InChI=1S/C27H32N4O4S/c1-8-10-18(9-2)31-13-14-34-21-12-11-19(15-20(21)31)30(7)24-23(26(33)35-27(4,5)6)22(16-32)36-25(24)29-17(3)28/h8-12,15-16H,1-2,13-14H2,3-7H3,(H2,28,29)/b18-10+. The van der Waals surface area contributed by atoms with Gasteiger partial charge in [0.15, 0.2) is 6.29 Å². The van der Waals surface area contributed by atoms with Gasteiger partial charge in [-0.3, -0.25) is 4.79 Å². The van der Waals surface area contributed by atoms with E-state index in [1.807, 2.05) is 29.2 Å². The summed E-state index contributed by atoms with van der Waals surface area (Å²) in [4.78, 5) is 33.7. The number of carbonyl (C=O) groups excluding carboxylic acids is 2. The number of nitrogens with two attached hydrogens (primary N) is 1. The van der Waals surface area contributed by atoms with Crippen molar-refractivity contribution < 1.29 is 19.1 Å². The van der Waals surface area contributed by atoms with Crippen molar-refractivity contribution in [3.05, 3.63) is 65.7 Å². The maximum Gasteiger partial charge on any atom is 0.342 e. The maximum absolute atomic E-state index is 13.2. The Bertz CT molecular complexity index is 1250. The molecular formula is C27H32N4O4S. The summed E-state index contributed by atoms with van der Waals surface area (Å²) in [7, 11) is 1.80. The normalized spacial score (nSPS) is 14.0. The van der Waals surface area contributed by atoms with Gasteiger partial charge in [-0.25, -0.2) is 9.79 Å². The van der Waals surface area contributed by atoms with Crippen LogP contribution in [0, 0.1) is 0 Å². The lowest BCUT2D eigenvalue weighted by Gasteiger charge is -2.33. The lowest BCUT2D eigenvalue weighted by Crippen LogP contribution is -2.31. The monoisotopic (exact) mass is 508 g/mol. The zero-order valence-corrected chi connectivity index (χ0v) is 22.1. The first kappa shape index (κ1) is 26.7. The third kappa shape index (κ3) is 5.68. The van der Waals surface area contributed by atoms with Crippen LogP contribution in [0.2, 0.25) is 0 Å². The minimum atomic E-state index is -0.746. The second-order valence-electron chi connectivity index (χ2n) is 9.11. The molecule has 36 heavy (non-hydrogen) atoms. The minimum Gasteiger partial charge on any atom is -0.490 e. The second-order valence-corrected chi connectivity index (χ2v) is 10.1. The molecular weight excluding hydrogens is 476 g/mol. The van der Waals surface area contributed by atoms with Gasteiger partial charge in [0.2, 0.25) is 0 Å². The van der Waals surface area contributed by atoms with Crippen LogP contribution >= 0.6 is 11.3 Å². The molecule has 0 saturated carbocycles. The van der Waals surface area contributed by atoms with Crippen LogP contribution < -0.4 is 20.3 Å². The topological polar surface area (TPSA) is 97.5 Å². The number of rotatable bonds is 8. The zero-order chi connectivity index (χ0) is 26.6. The van der Waals surface area contributed by atoms with Crippen LogP contribution in [0.4, 0.5) is 22.1 Å². The number of amidine groups is 1. The number of allylic oxidation sites excluding steroid dienone is 3. The van der Waals surface area contributed by atoms with Gasteiger partial charge in [-0.15, -0.1) is 11.3 Å². The second kappa shape index (κ2) is 10.8. The van der Waals surface area contributed by atoms with Crippen LogP contribution in [0.25, 0.3) is 0 Å². The number of thiophene rings is 1. The van der Waals surface area contributed by atoms with E-state index < -0.39 is 11.6 Å². The first-order valence-corrected chi connectivity index (χ1v) is 12.2. The van der Waals surface area contributed by atoms with Gasteiger partial charge < -0.3 is 25.0 Å². The number of benzene rings is 1. The van der Waals surface area contributed by atoms with Crippen LogP contribution in [0.3, 0.4) is 0 Å². The predicted molar refractivity (Wildman–Crippen MR) is 148 cm³/mol. The molecule has 3 rings (SSSR count). The number of carbonyl (C=O) groups is 2. The van der Waals surface area contributed by atoms with Gasteiger partial charge in [0.1, 0.15) is 28.5 Å². The fourth-order valence-corrected chi connectivity index (χ4v) is 4.85. The van der Waals surface area contributed by atoms with Crippen LogP contribution in [0.15, 0.2) is 60.3 Å². The lowest BCUT2D eigenvalue weighted by molar-refractivity contribution is 0.00698. The molecule has 2 aromatic rings. The van der Waals surface area contributed by atoms with Gasteiger partial charge >= 0.3 is 5.97 Å². The van der Waals surface area contributed by atoms with Crippen molar-refractivity contribution in [2.24, 2.45) is 10.7 Å². The Morgan fingerprint density at radius 3 is 2.64 bits per heavy atom. The van der Waals surface area contributed by atoms with Gasteiger partial charge in [-0.2, -0.15) is 0 Å². The smallest absolute Gasteiger partial charge is 0.342 e. The van der Waals surface area contributed by atoms with E-state index in [0.29, 0.717) is 36.0 Å². The van der Waals surface area contributed by atoms with Gasteiger partial charge in [0.25, 0.3) is 0 Å². The number of fused-ring (bicyclic) bond motifs is 1. The predicted octanol–water partition coefficient (Wildman–Crippen LogP) is 5.75. The fourth-order valence-electron chi connectivity index (χ4n) is 3.78. The number of esters is 1. The summed E-state index contributed by atoms with van der Waals surface area (Å²) in [6.07, 6.45) is 6.00. The lowest BCUT2D eigenvalue weighted by atomic mass is 10.1. The number of hydrogen-bond donors (Lipinski definition) is 1. The highest BCUT2D eigenvalue weighted by atomic mass is 32.1. The largest absolute Gasteiger partial charge is 0.490 e. The zero-order valence-electron chi connectivity index (χ0n) is 21.3. The first-order chi connectivity index (χ1) is 17.0. The Balaban J connectivity index is 2.19. The van der Waals surface area contributed by atoms with E-state index in [4.69, 9.17) is 15.2 Å². The van der Waals surface area contributed by atoms with Gasteiger partial charge in [0, 0.05) is 18.4 Å². The van der Waals surface area contributed by atoms with Crippen LogP contribution in [-0.4, -0.2) is 43.9 Å². The highest BCUT2D eigenvalue weighted by Gasteiger charge is 2.31. The summed E-state index contributed by atoms with van der Waals surface area (Å²) in [5.41, 5.74) is 8.19. The summed E-state index contributed by atoms with van der Waals surface area (Å²) in [6.45, 7) is 15.8. The van der Waals surface area contributed by atoms with Crippen molar-refractivity contribution in [1.29, 1.82) is 0 Å². The third-order valence-corrected chi connectivity index (χ3v) is 6.22. The average molecular weight is 509 g/mol. The molecule has 0 radical (unpaired) electrons. The van der Waals surface area contributed by atoms with E-state index >= 15 is 0 Å². The molecule has 190 valence electrons. The van der Waals surface area contributed by atoms with Crippen LogP contribution in [-0.2, 0) is 4.74 Å². The van der Waals surface area contributed by atoms with Gasteiger partial charge in [-0.1, -0.05) is 19.2 Å². The van der Waals surface area contributed by atoms with Crippen molar-refractivity contribution >= 4 is 51.5 Å². The molecule has 0 amide bonds. The molecule has 0 spiro atoms. The molecule has 0 bridgehead atoms. The van der Waals surface area contributed by atoms with Crippen molar-refractivity contribution in [1.82, 2.24) is 0 Å². The molecule has 2 N–H and O–H groups in total. The van der Waals surface area contributed by atoms with E-state index in [1.165, 1.54) is 0 Å². The van der Waals surface area contributed by atoms with Crippen LogP contribution in [0.5, 0.6) is 5.75 Å².